The molecule has 1 aromatic carbocycles. The van der Waals surface area contributed by atoms with Crippen molar-refractivity contribution in [3.8, 4) is 17.3 Å². The minimum Gasteiger partial charge on any atom is -0.492 e. The quantitative estimate of drug-likeness (QED) is 0.822. The highest BCUT2D eigenvalue weighted by Gasteiger charge is 2.09. The van der Waals surface area contributed by atoms with Crippen LogP contribution in [0.1, 0.15) is 5.56 Å². The van der Waals surface area contributed by atoms with Crippen molar-refractivity contribution in [3.05, 3.63) is 43.1 Å². The number of aromatic amines is 1. The summed E-state index contributed by atoms with van der Waals surface area (Å²) in [6.45, 7) is 1.93. The van der Waals surface area contributed by atoms with Gasteiger partial charge in [-0.15, -0.1) is 0 Å². The van der Waals surface area contributed by atoms with Crippen LogP contribution in [-0.4, -0.2) is 15.1 Å². The molecule has 0 aliphatic rings. The molecule has 6 heteroatoms. The van der Waals surface area contributed by atoms with Crippen molar-refractivity contribution < 1.29 is 5.11 Å². The third kappa shape index (κ3) is 2.42. The van der Waals surface area contributed by atoms with Crippen molar-refractivity contribution in [2.45, 2.75) is 6.92 Å². The Bertz CT molecular complexity index is 638. The molecular formula is C11H8Br2N2O2. The maximum absolute atomic E-state index is 11.5. The van der Waals surface area contributed by atoms with E-state index < -0.39 is 5.56 Å². The molecule has 88 valence electrons. The van der Waals surface area contributed by atoms with Gasteiger partial charge in [-0.1, -0.05) is 22.0 Å². The maximum atomic E-state index is 11.5. The molecule has 0 amide bonds. The number of nitrogens with zero attached hydrogens (tertiary/aromatic N) is 1. The molecule has 1 aromatic heterocycles. The van der Waals surface area contributed by atoms with Crippen LogP contribution in [0.15, 0.2) is 31.9 Å². The second kappa shape index (κ2) is 4.62. The van der Waals surface area contributed by atoms with E-state index in [4.69, 9.17) is 0 Å². The fourth-order valence-corrected chi connectivity index (χ4v) is 1.81. The molecule has 0 radical (unpaired) electrons. The van der Waals surface area contributed by atoms with Gasteiger partial charge in [0, 0.05) is 10.0 Å². The monoisotopic (exact) mass is 358 g/mol. The second-order valence-corrected chi connectivity index (χ2v) is 5.16. The number of aromatic hydroxyl groups is 1. The van der Waals surface area contributed by atoms with Crippen molar-refractivity contribution in [1.82, 2.24) is 9.97 Å². The van der Waals surface area contributed by atoms with Gasteiger partial charge >= 0.3 is 0 Å². The predicted octanol–water partition coefficient (Wildman–Crippen LogP) is 2.98. The van der Waals surface area contributed by atoms with Gasteiger partial charge in [0.05, 0.1) is 0 Å². The Labute approximate surface area is 114 Å². The zero-order valence-corrected chi connectivity index (χ0v) is 12.0. The van der Waals surface area contributed by atoms with Gasteiger partial charge < -0.3 is 10.1 Å². The van der Waals surface area contributed by atoms with Gasteiger partial charge in [0.15, 0.2) is 0 Å². The Hall–Kier alpha value is -1.14. The summed E-state index contributed by atoms with van der Waals surface area (Å²) in [5.74, 6) is 0.0237. The molecule has 0 aliphatic heterocycles. The third-order valence-corrected chi connectivity index (χ3v) is 3.88. The summed E-state index contributed by atoms with van der Waals surface area (Å²) in [5.41, 5.74) is 1.35. The van der Waals surface area contributed by atoms with Crippen molar-refractivity contribution in [2.75, 3.05) is 0 Å². The van der Waals surface area contributed by atoms with Crippen LogP contribution in [0.25, 0.3) is 11.4 Å². The van der Waals surface area contributed by atoms with Crippen LogP contribution in [0, 0.1) is 6.92 Å². The largest absolute Gasteiger partial charge is 0.492 e. The molecule has 0 fully saturated rings. The summed E-state index contributed by atoms with van der Waals surface area (Å²) in [4.78, 5) is 18.0. The van der Waals surface area contributed by atoms with Crippen LogP contribution in [0.2, 0.25) is 0 Å². The van der Waals surface area contributed by atoms with Gasteiger partial charge in [0.2, 0.25) is 5.88 Å². The molecule has 0 saturated heterocycles. The maximum Gasteiger partial charge on any atom is 0.269 e. The standard InChI is InChI=1S/C11H8Br2N2O2/c1-5-4-6(2-3-7(5)12)9-14-10(16)8(13)11(17)15-9/h2-4H,1H3,(H2,14,15,16,17). The summed E-state index contributed by atoms with van der Waals surface area (Å²) in [6, 6.07) is 5.54. The highest BCUT2D eigenvalue weighted by Crippen LogP contribution is 2.24. The van der Waals surface area contributed by atoms with Crippen LogP contribution < -0.4 is 5.56 Å². The highest BCUT2D eigenvalue weighted by atomic mass is 79.9. The summed E-state index contributed by atoms with van der Waals surface area (Å²) in [6.07, 6.45) is 0. The predicted molar refractivity (Wildman–Crippen MR) is 72.1 cm³/mol. The molecule has 17 heavy (non-hydrogen) atoms. The Kier molecular flexibility index (Phi) is 3.35. The van der Waals surface area contributed by atoms with Gasteiger partial charge in [-0.05, 0) is 40.5 Å². The van der Waals surface area contributed by atoms with Crippen LogP contribution in [0.3, 0.4) is 0 Å². The van der Waals surface area contributed by atoms with Crippen molar-refractivity contribution in [1.29, 1.82) is 0 Å². The molecule has 4 nitrogen and oxygen atoms in total. The van der Waals surface area contributed by atoms with Crippen LogP contribution >= 0.6 is 31.9 Å². The SMILES string of the molecule is Cc1cc(-c2nc(O)c(Br)c(=O)[nH]2)ccc1Br. The number of hydrogen-bond donors (Lipinski definition) is 2. The minimum atomic E-state index is -0.409. The zero-order valence-electron chi connectivity index (χ0n) is 8.79. The summed E-state index contributed by atoms with van der Waals surface area (Å²) in [7, 11) is 0. The first-order valence-electron chi connectivity index (χ1n) is 4.74. The molecule has 2 aromatic rings. The minimum absolute atomic E-state index is 0.0371. The van der Waals surface area contributed by atoms with Gasteiger partial charge in [0.1, 0.15) is 10.3 Å². The van der Waals surface area contributed by atoms with E-state index in [1.54, 1.807) is 0 Å². The summed E-state index contributed by atoms with van der Waals surface area (Å²) < 4.78 is 1.01. The molecule has 2 N–H and O–H groups in total. The van der Waals surface area contributed by atoms with E-state index in [1.165, 1.54) is 0 Å². The molecule has 2 rings (SSSR count). The van der Waals surface area contributed by atoms with E-state index >= 15 is 0 Å². The molecule has 0 aliphatic carbocycles. The normalized spacial score (nSPS) is 10.5. The first-order valence-corrected chi connectivity index (χ1v) is 6.33. The van der Waals surface area contributed by atoms with Crippen LogP contribution in [0.4, 0.5) is 0 Å². The number of hydrogen-bond acceptors (Lipinski definition) is 3. The van der Waals surface area contributed by atoms with Gasteiger partial charge in [-0.2, -0.15) is 4.98 Å². The topological polar surface area (TPSA) is 66.0 Å². The molecule has 0 bridgehead atoms. The zero-order chi connectivity index (χ0) is 12.6. The number of rotatable bonds is 1. The Morgan fingerprint density at radius 3 is 2.65 bits per heavy atom. The molecule has 1 heterocycles. The number of nitrogens with one attached hydrogen (secondary N) is 1. The number of halogens is 2. The average molecular weight is 360 g/mol. The van der Waals surface area contributed by atoms with E-state index in [0.717, 1.165) is 15.6 Å². The molecular weight excluding hydrogens is 352 g/mol. The highest BCUT2D eigenvalue weighted by molar-refractivity contribution is 9.10. The molecule has 0 unspecified atom stereocenters. The first-order chi connectivity index (χ1) is 7.99. The summed E-state index contributed by atoms with van der Waals surface area (Å²) in [5, 5.41) is 9.48. The third-order valence-electron chi connectivity index (χ3n) is 2.28. The van der Waals surface area contributed by atoms with Gasteiger partial charge in [-0.25, -0.2) is 0 Å². The summed E-state index contributed by atoms with van der Waals surface area (Å²) >= 11 is 6.34. The van der Waals surface area contributed by atoms with E-state index in [-0.39, 0.29) is 10.4 Å². The Balaban J connectivity index is 2.61. The molecule has 0 spiro atoms. The van der Waals surface area contributed by atoms with Gasteiger partial charge in [0.25, 0.3) is 5.56 Å². The first kappa shape index (κ1) is 12.3. The smallest absolute Gasteiger partial charge is 0.269 e. The number of benzene rings is 1. The lowest BCUT2D eigenvalue weighted by Gasteiger charge is -2.04. The van der Waals surface area contributed by atoms with Crippen LogP contribution in [0.5, 0.6) is 5.88 Å². The van der Waals surface area contributed by atoms with Gasteiger partial charge in [-0.3, -0.25) is 4.79 Å². The lowest BCUT2D eigenvalue weighted by Crippen LogP contribution is -2.09. The lowest BCUT2D eigenvalue weighted by atomic mass is 10.1. The van der Waals surface area contributed by atoms with Crippen molar-refractivity contribution in [2.24, 2.45) is 0 Å². The average Bonchev–Trinajstić information content (AvgIpc) is 2.29. The Morgan fingerprint density at radius 1 is 1.35 bits per heavy atom. The van der Waals surface area contributed by atoms with E-state index in [1.807, 2.05) is 25.1 Å². The fraction of sp³-hybridized carbons (Fsp3) is 0.0909. The Morgan fingerprint density at radius 2 is 2.06 bits per heavy atom. The van der Waals surface area contributed by atoms with E-state index in [9.17, 15) is 9.90 Å². The van der Waals surface area contributed by atoms with E-state index in [0.29, 0.717) is 5.82 Å². The van der Waals surface area contributed by atoms with Crippen molar-refractivity contribution >= 4 is 31.9 Å². The molecule has 0 atom stereocenters. The number of aromatic nitrogens is 2. The van der Waals surface area contributed by atoms with Crippen LogP contribution in [-0.2, 0) is 0 Å². The van der Waals surface area contributed by atoms with Crippen molar-refractivity contribution in [3.63, 3.8) is 0 Å². The fourth-order valence-electron chi connectivity index (χ4n) is 1.38. The lowest BCUT2D eigenvalue weighted by molar-refractivity contribution is 0.448. The second-order valence-electron chi connectivity index (χ2n) is 3.52. The number of H-pyrrole nitrogens is 1. The van der Waals surface area contributed by atoms with E-state index in [2.05, 4.69) is 41.8 Å². The molecule has 0 saturated carbocycles. The number of aryl methyl sites for hydroxylation is 1.